The van der Waals surface area contributed by atoms with Gasteiger partial charge in [-0.15, -0.1) is 0 Å². The van der Waals surface area contributed by atoms with Gasteiger partial charge in [-0.05, 0) is 42.0 Å². The molecule has 0 aliphatic carbocycles. The van der Waals surface area contributed by atoms with Gasteiger partial charge >= 0.3 is 6.18 Å². The van der Waals surface area contributed by atoms with Crippen molar-refractivity contribution in [3.63, 3.8) is 0 Å². The van der Waals surface area contributed by atoms with Gasteiger partial charge in [-0.25, -0.2) is 4.39 Å². The Morgan fingerprint density at radius 1 is 1.26 bits per heavy atom. The fourth-order valence-electron chi connectivity index (χ4n) is 2.65. The zero-order chi connectivity index (χ0) is 14.5. The van der Waals surface area contributed by atoms with Crippen molar-refractivity contribution in [2.24, 2.45) is 0 Å². The molecule has 106 valence electrons. The second kappa shape index (κ2) is 4.20. The Morgan fingerprint density at radius 3 is 2.26 bits per heavy atom. The molecule has 0 bridgehead atoms. The van der Waals surface area contributed by atoms with Gasteiger partial charge in [0.2, 0.25) is 0 Å². The molecule has 5 heteroatoms. The lowest BCUT2D eigenvalue weighted by molar-refractivity contribution is -0.188. The summed E-state index contributed by atoms with van der Waals surface area (Å²) >= 11 is 0. The molecule has 1 fully saturated rings. The smallest absolute Gasteiger partial charge is 0.360 e. The highest BCUT2D eigenvalue weighted by Crippen LogP contribution is 2.51. The lowest BCUT2D eigenvalue weighted by atomic mass is 9.75. The molecule has 0 aromatic heterocycles. The van der Waals surface area contributed by atoms with Crippen molar-refractivity contribution in [1.29, 1.82) is 0 Å². The summed E-state index contributed by atoms with van der Waals surface area (Å²) in [6.45, 7) is 4.86. The van der Waals surface area contributed by atoms with E-state index in [1.807, 2.05) is 0 Å². The van der Waals surface area contributed by atoms with E-state index in [1.165, 1.54) is 12.1 Å². The molecule has 1 atom stereocenters. The van der Waals surface area contributed by atoms with Crippen molar-refractivity contribution in [2.45, 2.75) is 44.4 Å². The largest absolute Gasteiger partial charge is 0.419 e. The van der Waals surface area contributed by atoms with E-state index < -0.39 is 17.2 Å². The van der Waals surface area contributed by atoms with Crippen LogP contribution in [-0.4, -0.2) is 18.4 Å². The van der Waals surface area contributed by atoms with Gasteiger partial charge in [0.15, 0.2) is 5.60 Å². The topological polar surface area (TPSA) is 12.5 Å². The van der Waals surface area contributed by atoms with Gasteiger partial charge in [-0.1, -0.05) is 19.9 Å². The summed E-state index contributed by atoms with van der Waals surface area (Å²) in [6, 6.07) is 4.17. The molecule has 1 aromatic rings. The van der Waals surface area contributed by atoms with Crippen molar-refractivity contribution in [3.8, 4) is 0 Å². The summed E-state index contributed by atoms with van der Waals surface area (Å²) in [5.74, 6) is -0.384. The predicted molar refractivity (Wildman–Crippen MR) is 63.5 cm³/mol. The Balaban J connectivity index is 2.28. The molecule has 1 saturated heterocycles. The average molecular weight is 276 g/mol. The number of benzene rings is 1. The van der Waals surface area contributed by atoms with Crippen molar-refractivity contribution < 1.29 is 22.3 Å². The van der Waals surface area contributed by atoms with E-state index in [-0.39, 0.29) is 18.8 Å². The quantitative estimate of drug-likeness (QED) is 0.597. The van der Waals surface area contributed by atoms with Crippen LogP contribution in [0.15, 0.2) is 18.2 Å². The first kappa shape index (κ1) is 14.3. The molecule has 0 saturated carbocycles. The molecular formula is C14H16F4O. The molecule has 0 amide bonds. The fraction of sp³-hybridized carbons (Fsp3) is 0.571. The highest BCUT2D eigenvalue weighted by Gasteiger charge is 2.67. The Bertz CT molecular complexity index is 487. The van der Waals surface area contributed by atoms with Crippen LogP contribution >= 0.6 is 0 Å². The van der Waals surface area contributed by atoms with Gasteiger partial charge in [0.1, 0.15) is 5.82 Å². The molecule has 0 spiro atoms. The normalized spacial score (nSPS) is 23.5. The Morgan fingerprint density at radius 2 is 1.84 bits per heavy atom. The number of halogens is 4. The maximum Gasteiger partial charge on any atom is 0.419 e. The first-order chi connectivity index (χ1) is 8.57. The van der Waals surface area contributed by atoms with Crippen LogP contribution in [0.25, 0.3) is 0 Å². The van der Waals surface area contributed by atoms with Crippen LogP contribution < -0.4 is 0 Å². The van der Waals surface area contributed by atoms with Crippen molar-refractivity contribution >= 4 is 0 Å². The molecule has 1 aliphatic rings. The molecule has 19 heavy (non-hydrogen) atoms. The number of rotatable bonds is 3. The fourth-order valence-corrected chi connectivity index (χ4v) is 2.65. The maximum absolute atomic E-state index is 13.1. The van der Waals surface area contributed by atoms with E-state index in [0.717, 1.165) is 0 Å². The van der Waals surface area contributed by atoms with E-state index in [4.69, 9.17) is 0 Å². The minimum absolute atomic E-state index is 0.157. The lowest BCUT2D eigenvalue weighted by Crippen LogP contribution is -2.39. The van der Waals surface area contributed by atoms with Crippen molar-refractivity contribution in [1.82, 2.24) is 0 Å². The van der Waals surface area contributed by atoms with Crippen LogP contribution in [0.3, 0.4) is 0 Å². The average Bonchev–Trinajstić information content (AvgIpc) is 2.96. The third kappa shape index (κ3) is 2.61. The molecular weight excluding hydrogens is 260 g/mol. The van der Waals surface area contributed by atoms with Crippen LogP contribution in [0, 0.1) is 12.7 Å². The summed E-state index contributed by atoms with van der Waals surface area (Å²) in [4.78, 5) is 0. The van der Waals surface area contributed by atoms with Gasteiger partial charge < -0.3 is 4.74 Å². The molecule has 0 radical (unpaired) electrons. The third-order valence-corrected chi connectivity index (χ3v) is 3.65. The first-order valence-corrected chi connectivity index (χ1v) is 6.05. The van der Waals surface area contributed by atoms with Crippen LogP contribution in [-0.2, 0) is 10.2 Å². The number of aryl methyl sites for hydroxylation is 1. The third-order valence-electron chi connectivity index (χ3n) is 3.65. The van der Waals surface area contributed by atoms with E-state index >= 15 is 0 Å². The van der Waals surface area contributed by atoms with Crippen molar-refractivity contribution in [2.75, 3.05) is 6.61 Å². The molecule has 1 nitrogen and oxygen atoms in total. The Hall–Kier alpha value is -1.10. The summed E-state index contributed by atoms with van der Waals surface area (Å²) in [5.41, 5.74) is -1.39. The van der Waals surface area contributed by atoms with E-state index in [0.29, 0.717) is 11.1 Å². The zero-order valence-electron chi connectivity index (χ0n) is 11.1. The molecule has 0 N–H and O–H groups in total. The summed E-state index contributed by atoms with van der Waals surface area (Å²) in [5, 5.41) is 0. The zero-order valence-corrected chi connectivity index (χ0v) is 11.1. The van der Waals surface area contributed by atoms with Gasteiger partial charge in [0, 0.05) is 0 Å². The van der Waals surface area contributed by atoms with Crippen LogP contribution in [0.4, 0.5) is 17.6 Å². The first-order valence-electron chi connectivity index (χ1n) is 6.05. The van der Waals surface area contributed by atoms with Crippen LogP contribution in [0.5, 0.6) is 0 Å². The van der Waals surface area contributed by atoms with E-state index in [1.54, 1.807) is 26.8 Å². The molecule has 1 aromatic carbocycles. The highest BCUT2D eigenvalue weighted by molar-refractivity contribution is 5.34. The Kier molecular flexibility index (Phi) is 3.16. The minimum Gasteiger partial charge on any atom is -0.360 e. The number of hydrogen-bond acceptors (Lipinski definition) is 1. The SMILES string of the molecule is Cc1cc(F)ccc1C(C)(C)C[C@]1(C(F)(F)F)CO1. The Labute approximate surface area is 109 Å². The second-order valence-electron chi connectivity index (χ2n) is 5.80. The number of ether oxygens (including phenoxy) is 1. The second-order valence-corrected chi connectivity index (χ2v) is 5.80. The van der Waals surface area contributed by atoms with Gasteiger partial charge in [-0.3, -0.25) is 0 Å². The lowest BCUT2D eigenvalue weighted by Gasteiger charge is -2.31. The summed E-state index contributed by atoms with van der Waals surface area (Å²) in [7, 11) is 0. The minimum atomic E-state index is -4.36. The molecule has 1 aliphatic heterocycles. The highest BCUT2D eigenvalue weighted by atomic mass is 19.4. The summed E-state index contributed by atoms with van der Waals surface area (Å²) < 4.78 is 56.5. The number of alkyl halides is 3. The van der Waals surface area contributed by atoms with Crippen molar-refractivity contribution in [3.05, 3.63) is 35.1 Å². The van der Waals surface area contributed by atoms with Gasteiger partial charge in [-0.2, -0.15) is 13.2 Å². The van der Waals surface area contributed by atoms with Gasteiger partial charge in [0.05, 0.1) is 6.61 Å². The number of hydrogen-bond donors (Lipinski definition) is 0. The van der Waals surface area contributed by atoms with Crippen LogP contribution in [0.2, 0.25) is 0 Å². The molecule has 0 unspecified atom stereocenters. The predicted octanol–water partition coefficient (Wildman–Crippen LogP) is 4.13. The monoisotopic (exact) mass is 276 g/mol. The number of epoxide rings is 1. The van der Waals surface area contributed by atoms with Crippen LogP contribution in [0.1, 0.15) is 31.4 Å². The molecule has 1 heterocycles. The summed E-state index contributed by atoms with van der Waals surface area (Å²) in [6.07, 6.45) is -4.52. The van der Waals surface area contributed by atoms with E-state index in [2.05, 4.69) is 4.74 Å². The maximum atomic E-state index is 13.1. The molecule has 2 rings (SSSR count). The van der Waals surface area contributed by atoms with E-state index in [9.17, 15) is 17.6 Å². The standard InChI is InChI=1S/C14H16F4O/c1-9-6-10(15)4-5-11(9)12(2,3)7-13(8-19-13)14(16,17)18/h4-6H,7-8H2,1-3H3/t13-/m1/s1. The van der Waals surface area contributed by atoms with Gasteiger partial charge in [0.25, 0.3) is 0 Å².